The summed E-state index contributed by atoms with van der Waals surface area (Å²) in [7, 11) is 0. The highest BCUT2D eigenvalue weighted by atomic mass is 16.6. The Hall–Kier alpha value is -1.27. The first-order chi connectivity index (χ1) is 10.7. The van der Waals surface area contributed by atoms with Gasteiger partial charge in [0.1, 0.15) is 5.60 Å². The fraction of sp³-hybridized carbons (Fsp3) is 0.824. The van der Waals surface area contributed by atoms with Crippen LogP contribution in [0.15, 0.2) is 12.3 Å². The van der Waals surface area contributed by atoms with Crippen LogP contribution in [0.4, 0.5) is 4.79 Å². The lowest BCUT2D eigenvalue weighted by Gasteiger charge is -2.40. The van der Waals surface area contributed by atoms with Crippen LogP contribution in [0.5, 0.6) is 0 Å². The Morgan fingerprint density at radius 3 is 2.09 bits per heavy atom. The molecule has 0 aromatic rings. The van der Waals surface area contributed by atoms with Crippen LogP contribution in [0.3, 0.4) is 0 Å². The molecule has 2 heterocycles. The second kappa shape index (κ2) is 7.53. The van der Waals surface area contributed by atoms with Gasteiger partial charge in [-0.25, -0.2) is 9.80 Å². The summed E-state index contributed by atoms with van der Waals surface area (Å²) in [5.74, 6) is 0. The molecular formula is C17H32N4O2. The highest BCUT2D eigenvalue weighted by molar-refractivity contribution is 5.68. The van der Waals surface area contributed by atoms with E-state index in [1.165, 1.54) is 0 Å². The molecule has 0 aliphatic carbocycles. The average Bonchev–Trinajstić information content (AvgIpc) is 2.46. The van der Waals surface area contributed by atoms with Crippen LogP contribution in [-0.4, -0.2) is 71.8 Å². The summed E-state index contributed by atoms with van der Waals surface area (Å²) in [6, 6.07) is 0.527. The molecule has 0 saturated carbocycles. The molecule has 2 saturated heterocycles. The third kappa shape index (κ3) is 5.70. The molecule has 0 spiro atoms. The van der Waals surface area contributed by atoms with E-state index in [4.69, 9.17) is 4.74 Å². The van der Waals surface area contributed by atoms with Gasteiger partial charge in [-0.15, -0.1) is 0 Å². The van der Waals surface area contributed by atoms with Crippen LogP contribution in [0.2, 0.25) is 0 Å². The van der Waals surface area contributed by atoms with Gasteiger partial charge in [0.25, 0.3) is 0 Å². The highest BCUT2D eigenvalue weighted by Gasteiger charge is 2.27. The quantitative estimate of drug-likeness (QED) is 0.861. The predicted octanol–water partition coefficient (Wildman–Crippen LogP) is 2.04. The minimum atomic E-state index is -0.427. The van der Waals surface area contributed by atoms with Gasteiger partial charge in [-0.2, -0.15) is 0 Å². The van der Waals surface area contributed by atoms with E-state index in [1.54, 1.807) is 4.90 Å². The molecule has 0 bridgehead atoms. The number of hydrogen-bond acceptors (Lipinski definition) is 5. The zero-order valence-electron chi connectivity index (χ0n) is 15.1. The Morgan fingerprint density at radius 1 is 1.04 bits per heavy atom. The molecule has 0 unspecified atom stereocenters. The topological polar surface area (TPSA) is 48.0 Å². The van der Waals surface area contributed by atoms with Gasteiger partial charge in [0.2, 0.25) is 0 Å². The monoisotopic (exact) mass is 324 g/mol. The zero-order chi connectivity index (χ0) is 17.0. The molecule has 0 aromatic carbocycles. The third-order valence-corrected chi connectivity index (χ3v) is 4.33. The highest BCUT2D eigenvalue weighted by Crippen LogP contribution is 2.15. The average molecular weight is 324 g/mol. The fourth-order valence-electron chi connectivity index (χ4n) is 2.99. The lowest BCUT2D eigenvalue weighted by molar-refractivity contribution is 0.00519. The van der Waals surface area contributed by atoms with Gasteiger partial charge in [0, 0.05) is 51.0 Å². The number of allylic oxidation sites excluding steroid dienone is 1. The molecule has 6 nitrogen and oxygen atoms in total. The van der Waals surface area contributed by atoms with Gasteiger partial charge >= 0.3 is 6.09 Å². The van der Waals surface area contributed by atoms with Gasteiger partial charge in [0.05, 0.1) is 0 Å². The predicted molar refractivity (Wildman–Crippen MR) is 91.9 cm³/mol. The molecule has 1 N–H and O–H groups in total. The molecule has 0 atom stereocenters. The van der Waals surface area contributed by atoms with Crippen molar-refractivity contribution in [3.05, 3.63) is 12.3 Å². The van der Waals surface area contributed by atoms with Crippen LogP contribution >= 0.6 is 0 Å². The van der Waals surface area contributed by atoms with Crippen molar-refractivity contribution in [3.8, 4) is 0 Å². The number of rotatable bonds is 3. The molecule has 2 fully saturated rings. The van der Waals surface area contributed by atoms with Crippen molar-refractivity contribution in [3.63, 3.8) is 0 Å². The second-order valence-electron chi connectivity index (χ2n) is 7.58. The maximum atomic E-state index is 12.1. The summed E-state index contributed by atoms with van der Waals surface area (Å²) in [4.78, 5) is 16.2. The first-order valence-electron chi connectivity index (χ1n) is 8.64. The molecule has 6 heteroatoms. The Morgan fingerprint density at radius 2 is 1.61 bits per heavy atom. The van der Waals surface area contributed by atoms with Crippen molar-refractivity contribution in [2.45, 2.75) is 52.2 Å². The van der Waals surface area contributed by atoms with Crippen LogP contribution in [0.1, 0.15) is 40.5 Å². The van der Waals surface area contributed by atoms with Crippen LogP contribution in [0, 0.1) is 0 Å². The van der Waals surface area contributed by atoms with Crippen molar-refractivity contribution in [2.24, 2.45) is 0 Å². The van der Waals surface area contributed by atoms with Crippen molar-refractivity contribution < 1.29 is 9.53 Å². The molecule has 1 amide bonds. The number of nitrogens with zero attached hydrogens (tertiary/aromatic N) is 3. The molecule has 0 radical (unpaired) electrons. The minimum Gasteiger partial charge on any atom is -0.444 e. The number of likely N-dealkylation sites (tertiary alicyclic amines) is 1. The number of piperidine rings is 1. The lowest BCUT2D eigenvalue weighted by atomic mass is 10.1. The SMILES string of the molecule is C=C(C)N1CCC(NN2CCN(C(=O)OC(C)(C)C)CC2)CC1. The zero-order valence-corrected chi connectivity index (χ0v) is 15.1. The first kappa shape index (κ1) is 18.1. The van der Waals surface area contributed by atoms with Gasteiger partial charge in [-0.3, -0.25) is 5.43 Å². The van der Waals surface area contributed by atoms with Crippen molar-refractivity contribution in [1.29, 1.82) is 0 Å². The summed E-state index contributed by atoms with van der Waals surface area (Å²) in [6.07, 6.45) is 2.07. The normalized spacial score (nSPS) is 21.4. The van der Waals surface area contributed by atoms with E-state index >= 15 is 0 Å². The number of carbonyl (C=O) groups is 1. The molecule has 2 rings (SSSR count). The Labute approximate surface area is 140 Å². The Balaban J connectivity index is 1.69. The van der Waals surface area contributed by atoms with Gasteiger partial charge in [-0.1, -0.05) is 6.58 Å². The van der Waals surface area contributed by atoms with Crippen molar-refractivity contribution >= 4 is 6.09 Å². The molecule has 2 aliphatic rings. The molecule has 132 valence electrons. The maximum Gasteiger partial charge on any atom is 0.410 e. The standard InChI is InChI=1S/C17H32N4O2/c1-14(2)19-8-6-15(7-9-19)18-21-12-10-20(11-13-21)16(22)23-17(3,4)5/h15,18H,1,6-13H2,2-5H3. The molecule has 2 aliphatic heterocycles. The van der Waals surface area contributed by atoms with E-state index in [0.717, 1.165) is 44.7 Å². The smallest absolute Gasteiger partial charge is 0.410 e. The van der Waals surface area contributed by atoms with Crippen molar-refractivity contribution in [2.75, 3.05) is 39.3 Å². The Bertz CT molecular complexity index is 417. The third-order valence-electron chi connectivity index (χ3n) is 4.33. The fourth-order valence-corrected chi connectivity index (χ4v) is 2.99. The van der Waals surface area contributed by atoms with E-state index in [2.05, 4.69) is 28.8 Å². The van der Waals surface area contributed by atoms with E-state index < -0.39 is 5.60 Å². The maximum absolute atomic E-state index is 12.1. The van der Waals surface area contributed by atoms with Crippen LogP contribution in [0.25, 0.3) is 0 Å². The summed E-state index contributed by atoms with van der Waals surface area (Å²) in [5, 5.41) is 2.25. The second-order valence-corrected chi connectivity index (χ2v) is 7.58. The first-order valence-corrected chi connectivity index (χ1v) is 8.64. The number of ether oxygens (including phenoxy) is 1. The largest absolute Gasteiger partial charge is 0.444 e. The summed E-state index contributed by atoms with van der Waals surface area (Å²) in [6.45, 7) is 17.1. The van der Waals surface area contributed by atoms with E-state index in [0.29, 0.717) is 19.1 Å². The molecule has 23 heavy (non-hydrogen) atoms. The Kier molecular flexibility index (Phi) is 5.92. The number of carbonyl (C=O) groups excluding carboxylic acids is 1. The molecule has 0 aromatic heterocycles. The van der Waals surface area contributed by atoms with Gasteiger partial charge < -0.3 is 14.5 Å². The van der Waals surface area contributed by atoms with Crippen molar-refractivity contribution in [1.82, 2.24) is 20.2 Å². The number of hydrazine groups is 1. The summed E-state index contributed by atoms with van der Waals surface area (Å²) < 4.78 is 5.43. The summed E-state index contributed by atoms with van der Waals surface area (Å²) in [5.41, 5.74) is 4.36. The lowest BCUT2D eigenvalue weighted by Crippen LogP contribution is -2.57. The van der Waals surface area contributed by atoms with E-state index in [-0.39, 0.29) is 6.09 Å². The van der Waals surface area contributed by atoms with Crippen LogP contribution in [-0.2, 0) is 4.74 Å². The van der Waals surface area contributed by atoms with E-state index in [1.807, 2.05) is 20.8 Å². The number of nitrogens with one attached hydrogen (secondary N) is 1. The minimum absolute atomic E-state index is 0.202. The van der Waals surface area contributed by atoms with E-state index in [9.17, 15) is 4.79 Å². The van der Waals surface area contributed by atoms with Crippen LogP contribution < -0.4 is 5.43 Å². The molecular weight excluding hydrogens is 292 g/mol. The summed E-state index contributed by atoms with van der Waals surface area (Å²) >= 11 is 0. The van der Waals surface area contributed by atoms with Gasteiger partial charge in [-0.05, 0) is 40.5 Å². The number of amides is 1. The number of hydrogen-bond donors (Lipinski definition) is 1. The number of piperazine rings is 1. The van der Waals surface area contributed by atoms with Gasteiger partial charge in [0.15, 0.2) is 0 Å².